The zero-order chi connectivity index (χ0) is 10.2. The van der Waals surface area contributed by atoms with E-state index in [9.17, 15) is 4.79 Å². The minimum absolute atomic E-state index is 0.417. The Morgan fingerprint density at radius 2 is 2.00 bits per heavy atom. The predicted molar refractivity (Wildman–Crippen MR) is 57.4 cm³/mol. The lowest BCUT2D eigenvalue weighted by Gasteiger charge is -2.15. The maximum absolute atomic E-state index is 11.0. The molecule has 0 unspecified atom stereocenters. The molecule has 0 saturated heterocycles. The van der Waals surface area contributed by atoms with Gasteiger partial charge in [-0.15, -0.1) is 0 Å². The fourth-order valence-electron chi connectivity index (χ4n) is 1.67. The second-order valence-corrected chi connectivity index (χ2v) is 4.09. The van der Waals surface area contributed by atoms with Crippen molar-refractivity contribution in [1.29, 1.82) is 0 Å². The van der Waals surface area contributed by atoms with E-state index in [1.807, 2.05) is 44.3 Å². The molecule has 0 radical (unpaired) electrons. The van der Waals surface area contributed by atoms with Crippen LogP contribution in [0.1, 0.15) is 19.4 Å². The van der Waals surface area contributed by atoms with Gasteiger partial charge in [-0.25, -0.2) is 0 Å². The molecular weight excluding hydrogens is 174 g/mol. The van der Waals surface area contributed by atoms with Gasteiger partial charge in [-0.05, 0) is 25.5 Å². The Bertz CT molecular complexity index is 468. The molecule has 0 aliphatic rings. The summed E-state index contributed by atoms with van der Waals surface area (Å²) in [5.41, 5.74) is 1.72. The molecule has 0 saturated carbocycles. The summed E-state index contributed by atoms with van der Waals surface area (Å²) in [6.07, 6.45) is 2.90. The van der Waals surface area contributed by atoms with Gasteiger partial charge in [0.15, 0.2) is 0 Å². The molecule has 2 aromatic rings. The van der Waals surface area contributed by atoms with E-state index in [2.05, 4.69) is 4.98 Å². The van der Waals surface area contributed by atoms with Crippen LogP contribution in [-0.4, -0.2) is 11.3 Å². The third-order valence-corrected chi connectivity index (χ3v) is 2.58. The molecule has 2 nitrogen and oxygen atoms in total. The zero-order valence-electron chi connectivity index (χ0n) is 8.37. The van der Waals surface area contributed by atoms with Gasteiger partial charge in [-0.2, -0.15) is 0 Å². The number of benzene rings is 1. The first-order valence-corrected chi connectivity index (χ1v) is 4.68. The highest BCUT2D eigenvalue weighted by Gasteiger charge is 2.22. The third-order valence-electron chi connectivity index (χ3n) is 2.58. The molecule has 0 aliphatic carbocycles. The number of aromatic amines is 1. The second-order valence-electron chi connectivity index (χ2n) is 4.09. The van der Waals surface area contributed by atoms with Crippen molar-refractivity contribution in [1.82, 2.24) is 4.98 Å². The summed E-state index contributed by atoms with van der Waals surface area (Å²) in [6, 6.07) is 8.02. The van der Waals surface area contributed by atoms with Crippen molar-refractivity contribution >= 4 is 17.2 Å². The highest BCUT2D eigenvalue weighted by Crippen LogP contribution is 2.28. The van der Waals surface area contributed by atoms with E-state index in [0.717, 1.165) is 22.8 Å². The Morgan fingerprint density at radius 3 is 2.71 bits per heavy atom. The van der Waals surface area contributed by atoms with Crippen LogP contribution in [0.25, 0.3) is 10.9 Å². The molecule has 2 heteroatoms. The number of H-pyrrole nitrogens is 1. The van der Waals surface area contributed by atoms with E-state index >= 15 is 0 Å². The largest absolute Gasteiger partial charge is 0.361 e. The topological polar surface area (TPSA) is 32.9 Å². The van der Waals surface area contributed by atoms with E-state index in [1.165, 1.54) is 0 Å². The fourth-order valence-corrected chi connectivity index (χ4v) is 1.67. The Morgan fingerprint density at radius 1 is 1.29 bits per heavy atom. The minimum atomic E-state index is -0.417. The van der Waals surface area contributed by atoms with E-state index in [0.29, 0.717) is 0 Å². The predicted octanol–water partition coefficient (Wildman–Crippen LogP) is 2.64. The average Bonchev–Trinajstić information content (AvgIpc) is 2.61. The van der Waals surface area contributed by atoms with Gasteiger partial charge in [0.1, 0.15) is 6.29 Å². The lowest BCUT2D eigenvalue weighted by molar-refractivity contribution is -0.111. The Balaban J connectivity index is 2.70. The van der Waals surface area contributed by atoms with Crippen molar-refractivity contribution in [3.05, 3.63) is 36.0 Å². The van der Waals surface area contributed by atoms with Crippen molar-refractivity contribution < 1.29 is 4.79 Å². The smallest absolute Gasteiger partial charge is 0.130 e. The lowest BCUT2D eigenvalue weighted by atomic mass is 9.86. The highest BCUT2D eigenvalue weighted by atomic mass is 16.1. The van der Waals surface area contributed by atoms with Gasteiger partial charge in [0.2, 0.25) is 0 Å². The summed E-state index contributed by atoms with van der Waals surface area (Å²) in [7, 11) is 0. The van der Waals surface area contributed by atoms with E-state index in [4.69, 9.17) is 0 Å². The van der Waals surface area contributed by atoms with Crippen LogP contribution in [0.2, 0.25) is 0 Å². The van der Waals surface area contributed by atoms with Crippen LogP contribution in [0.4, 0.5) is 0 Å². The van der Waals surface area contributed by atoms with Crippen molar-refractivity contribution in [3.8, 4) is 0 Å². The van der Waals surface area contributed by atoms with Gasteiger partial charge in [-0.3, -0.25) is 0 Å². The van der Waals surface area contributed by atoms with Crippen molar-refractivity contribution in [3.63, 3.8) is 0 Å². The number of carbonyl (C=O) groups excluding carboxylic acids is 1. The van der Waals surface area contributed by atoms with Crippen LogP contribution in [0.3, 0.4) is 0 Å². The van der Waals surface area contributed by atoms with Crippen molar-refractivity contribution in [2.45, 2.75) is 19.3 Å². The fraction of sp³-hybridized carbons (Fsp3) is 0.250. The summed E-state index contributed by atoms with van der Waals surface area (Å²) in [5.74, 6) is 0. The van der Waals surface area contributed by atoms with Crippen LogP contribution in [-0.2, 0) is 10.2 Å². The van der Waals surface area contributed by atoms with Gasteiger partial charge < -0.3 is 9.78 Å². The van der Waals surface area contributed by atoms with E-state index in [1.54, 1.807) is 0 Å². The van der Waals surface area contributed by atoms with Crippen LogP contribution in [0.5, 0.6) is 0 Å². The Hall–Kier alpha value is -1.57. The number of hydrogen-bond acceptors (Lipinski definition) is 1. The number of hydrogen-bond donors (Lipinski definition) is 1. The second kappa shape index (κ2) is 2.98. The first kappa shape index (κ1) is 9.00. The summed E-state index contributed by atoms with van der Waals surface area (Å²) in [6.45, 7) is 3.85. The normalized spacial score (nSPS) is 11.9. The van der Waals surface area contributed by atoms with Crippen LogP contribution in [0, 0.1) is 0 Å². The third kappa shape index (κ3) is 1.23. The van der Waals surface area contributed by atoms with Gasteiger partial charge in [0.25, 0.3) is 0 Å². The summed E-state index contributed by atoms with van der Waals surface area (Å²) < 4.78 is 0. The molecule has 1 N–H and O–H groups in total. The average molecular weight is 187 g/mol. The molecule has 0 amide bonds. The van der Waals surface area contributed by atoms with Gasteiger partial charge >= 0.3 is 0 Å². The van der Waals surface area contributed by atoms with Gasteiger partial charge in [-0.1, -0.05) is 18.2 Å². The number of rotatable bonds is 2. The lowest BCUT2D eigenvalue weighted by Crippen LogP contribution is -2.17. The molecule has 0 bridgehead atoms. The zero-order valence-corrected chi connectivity index (χ0v) is 8.37. The molecule has 0 fully saturated rings. The quantitative estimate of drug-likeness (QED) is 0.720. The number of carbonyl (C=O) groups is 1. The Kier molecular flexibility index (Phi) is 1.92. The first-order chi connectivity index (χ1) is 6.65. The van der Waals surface area contributed by atoms with E-state index < -0.39 is 5.41 Å². The van der Waals surface area contributed by atoms with E-state index in [-0.39, 0.29) is 0 Å². The van der Waals surface area contributed by atoms with Gasteiger partial charge in [0.05, 0.1) is 0 Å². The molecule has 2 rings (SSSR count). The molecule has 14 heavy (non-hydrogen) atoms. The monoisotopic (exact) mass is 187 g/mol. The molecule has 1 aromatic heterocycles. The summed E-state index contributed by atoms with van der Waals surface area (Å²) in [4.78, 5) is 14.1. The molecule has 1 aromatic carbocycles. The maximum Gasteiger partial charge on any atom is 0.130 e. The minimum Gasteiger partial charge on any atom is -0.361 e. The van der Waals surface area contributed by atoms with Gasteiger partial charge in [0, 0.05) is 22.5 Å². The summed E-state index contributed by atoms with van der Waals surface area (Å²) in [5, 5.41) is 1.13. The number of para-hydroxylation sites is 1. The Labute approximate surface area is 82.9 Å². The number of aldehydes is 1. The van der Waals surface area contributed by atoms with Crippen LogP contribution in [0.15, 0.2) is 30.5 Å². The molecule has 0 atom stereocenters. The summed E-state index contributed by atoms with van der Waals surface area (Å²) >= 11 is 0. The van der Waals surface area contributed by atoms with Crippen LogP contribution >= 0.6 is 0 Å². The van der Waals surface area contributed by atoms with Crippen LogP contribution < -0.4 is 0 Å². The number of aromatic nitrogens is 1. The molecular formula is C12H13NO. The number of nitrogens with one attached hydrogen (secondary N) is 1. The molecule has 1 heterocycles. The molecule has 0 aliphatic heterocycles. The SMILES string of the molecule is CC(C)(C=O)c1c[nH]c2ccccc12. The highest BCUT2D eigenvalue weighted by molar-refractivity contribution is 5.88. The van der Waals surface area contributed by atoms with Crippen molar-refractivity contribution in [2.24, 2.45) is 0 Å². The number of fused-ring (bicyclic) bond motifs is 1. The first-order valence-electron chi connectivity index (χ1n) is 4.68. The molecule has 72 valence electrons. The van der Waals surface area contributed by atoms with Crippen molar-refractivity contribution in [2.75, 3.05) is 0 Å². The maximum atomic E-state index is 11.0. The molecule has 0 spiro atoms. The standard InChI is InChI=1S/C12H13NO/c1-12(2,8-14)10-7-13-11-6-4-3-5-9(10)11/h3-8,13H,1-2H3.